The molecule has 4 rings (SSSR count). The number of ether oxygens (including phenoxy) is 1. The number of rotatable bonds is 7. The summed E-state index contributed by atoms with van der Waals surface area (Å²) in [5, 5.41) is 0. The maximum atomic E-state index is 13.1. The van der Waals surface area contributed by atoms with Gasteiger partial charge in [0, 0.05) is 26.2 Å². The van der Waals surface area contributed by atoms with Crippen molar-refractivity contribution < 1.29 is 9.53 Å². The molecule has 1 amide bonds. The SMILES string of the molecule is CC[C@H](Oc1ccccc1)C(=O)N1CCN(C(c2ccccc2)c2ccccc2)CC1. The fourth-order valence-corrected chi connectivity index (χ4v) is 4.26. The van der Waals surface area contributed by atoms with E-state index in [9.17, 15) is 4.79 Å². The average Bonchev–Trinajstić information content (AvgIpc) is 2.85. The van der Waals surface area contributed by atoms with E-state index in [1.54, 1.807) is 0 Å². The quantitative estimate of drug-likeness (QED) is 0.558. The van der Waals surface area contributed by atoms with Gasteiger partial charge in [-0.2, -0.15) is 0 Å². The molecule has 0 unspecified atom stereocenters. The first kappa shape index (κ1) is 21.1. The molecule has 0 aliphatic carbocycles. The van der Waals surface area contributed by atoms with Gasteiger partial charge in [0.2, 0.25) is 0 Å². The third kappa shape index (κ3) is 5.15. The number of hydrogen-bond acceptors (Lipinski definition) is 3. The fraction of sp³-hybridized carbons (Fsp3) is 0.296. The summed E-state index contributed by atoms with van der Waals surface area (Å²) in [6.07, 6.45) is 0.220. The van der Waals surface area contributed by atoms with Crippen molar-refractivity contribution >= 4 is 5.91 Å². The average molecular weight is 415 g/mol. The molecule has 3 aromatic rings. The molecule has 1 fully saturated rings. The van der Waals surface area contributed by atoms with Crippen molar-refractivity contribution in [2.45, 2.75) is 25.5 Å². The summed E-state index contributed by atoms with van der Waals surface area (Å²) in [6, 6.07) is 31.1. The number of carbonyl (C=O) groups is 1. The number of carbonyl (C=O) groups excluding carboxylic acids is 1. The first-order valence-corrected chi connectivity index (χ1v) is 11.1. The van der Waals surface area contributed by atoms with Gasteiger partial charge in [0.15, 0.2) is 6.10 Å². The highest BCUT2D eigenvalue weighted by Gasteiger charge is 2.31. The second kappa shape index (κ2) is 10.3. The second-order valence-electron chi connectivity index (χ2n) is 7.91. The van der Waals surface area contributed by atoms with E-state index < -0.39 is 6.10 Å². The van der Waals surface area contributed by atoms with E-state index in [0.29, 0.717) is 19.5 Å². The van der Waals surface area contributed by atoms with E-state index in [1.165, 1.54) is 11.1 Å². The Morgan fingerprint density at radius 2 is 1.26 bits per heavy atom. The highest BCUT2D eigenvalue weighted by atomic mass is 16.5. The Balaban J connectivity index is 1.44. The van der Waals surface area contributed by atoms with Crippen molar-refractivity contribution in [3.63, 3.8) is 0 Å². The predicted octanol–water partition coefficient (Wildman–Crippen LogP) is 4.78. The molecule has 160 valence electrons. The van der Waals surface area contributed by atoms with Crippen LogP contribution >= 0.6 is 0 Å². The third-order valence-electron chi connectivity index (χ3n) is 5.89. The molecule has 3 aromatic carbocycles. The standard InChI is InChI=1S/C27H30N2O2/c1-2-25(31-24-16-10-5-11-17-24)27(30)29-20-18-28(19-21-29)26(22-12-6-3-7-13-22)23-14-8-4-9-15-23/h3-17,25-26H,2,18-21H2,1H3/t25-/m0/s1. The lowest BCUT2D eigenvalue weighted by atomic mass is 9.96. The first-order valence-electron chi connectivity index (χ1n) is 11.1. The lowest BCUT2D eigenvalue weighted by Crippen LogP contribution is -2.53. The molecule has 0 bridgehead atoms. The number of piperazine rings is 1. The highest BCUT2D eigenvalue weighted by Crippen LogP contribution is 2.29. The van der Waals surface area contributed by atoms with Crippen molar-refractivity contribution in [3.8, 4) is 5.75 Å². The van der Waals surface area contributed by atoms with Crippen LogP contribution in [0.2, 0.25) is 0 Å². The normalized spacial score (nSPS) is 15.6. The van der Waals surface area contributed by atoms with Gasteiger partial charge in [-0.3, -0.25) is 9.69 Å². The van der Waals surface area contributed by atoms with Crippen LogP contribution in [0.25, 0.3) is 0 Å². The first-order chi connectivity index (χ1) is 15.3. The van der Waals surface area contributed by atoms with Crippen molar-refractivity contribution in [2.75, 3.05) is 26.2 Å². The fourth-order valence-electron chi connectivity index (χ4n) is 4.26. The van der Waals surface area contributed by atoms with Crippen LogP contribution in [0.15, 0.2) is 91.0 Å². The van der Waals surface area contributed by atoms with Crippen LogP contribution in [0, 0.1) is 0 Å². The summed E-state index contributed by atoms with van der Waals surface area (Å²) in [4.78, 5) is 17.6. The number of para-hydroxylation sites is 1. The molecule has 1 saturated heterocycles. The lowest BCUT2D eigenvalue weighted by Gasteiger charge is -2.40. The maximum Gasteiger partial charge on any atom is 0.263 e. The van der Waals surface area contributed by atoms with Gasteiger partial charge in [0.25, 0.3) is 5.91 Å². The summed E-state index contributed by atoms with van der Waals surface area (Å²) < 4.78 is 5.99. The predicted molar refractivity (Wildman–Crippen MR) is 124 cm³/mol. The Bertz CT molecular complexity index is 899. The van der Waals surface area contributed by atoms with Gasteiger partial charge < -0.3 is 9.64 Å². The Morgan fingerprint density at radius 3 is 1.74 bits per heavy atom. The van der Waals surface area contributed by atoms with E-state index >= 15 is 0 Å². The zero-order valence-corrected chi connectivity index (χ0v) is 18.1. The summed E-state index contributed by atoms with van der Waals surface area (Å²) in [7, 11) is 0. The Morgan fingerprint density at radius 1 is 0.774 bits per heavy atom. The number of benzene rings is 3. The van der Waals surface area contributed by atoms with Crippen LogP contribution in [0.4, 0.5) is 0 Å². The molecule has 0 N–H and O–H groups in total. The van der Waals surface area contributed by atoms with Gasteiger partial charge in [0.05, 0.1) is 6.04 Å². The minimum atomic E-state index is -0.437. The van der Waals surface area contributed by atoms with Gasteiger partial charge in [0.1, 0.15) is 5.75 Å². The molecule has 4 nitrogen and oxygen atoms in total. The van der Waals surface area contributed by atoms with Crippen LogP contribution < -0.4 is 4.74 Å². The number of nitrogens with zero attached hydrogens (tertiary/aromatic N) is 2. The zero-order valence-electron chi connectivity index (χ0n) is 18.1. The summed E-state index contributed by atoms with van der Waals surface area (Å²) >= 11 is 0. The molecule has 1 heterocycles. The molecule has 4 heteroatoms. The van der Waals surface area contributed by atoms with Gasteiger partial charge in [-0.1, -0.05) is 85.8 Å². The third-order valence-corrected chi connectivity index (χ3v) is 5.89. The molecule has 1 aliphatic rings. The van der Waals surface area contributed by atoms with Crippen LogP contribution in [-0.4, -0.2) is 48.0 Å². The van der Waals surface area contributed by atoms with Gasteiger partial charge in [-0.25, -0.2) is 0 Å². The van der Waals surface area contributed by atoms with Crippen LogP contribution in [0.5, 0.6) is 5.75 Å². The number of hydrogen-bond donors (Lipinski definition) is 0. The Kier molecular flexibility index (Phi) is 7.00. The lowest BCUT2D eigenvalue weighted by molar-refractivity contribution is -0.140. The molecule has 31 heavy (non-hydrogen) atoms. The van der Waals surface area contributed by atoms with Gasteiger partial charge in [-0.05, 0) is 29.7 Å². The monoisotopic (exact) mass is 414 g/mol. The second-order valence-corrected chi connectivity index (χ2v) is 7.91. The smallest absolute Gasteiger partial charge is 0.263 e. The van der Waals surface area contributed by atoms with Crippen molar-refractivity contribution in [1.82, 2.24) is 9.80 Å². The maximum absolute atomic E-state index is 13.1. The van der Waals surface area contributed by atoms with E-state index in [2.05, 4.69) is 65.6 Å². The summed E-state index contributed by atoms with van der Waals surface area (Å²) in [6.45, 7) is 5.10. The molecule has 1 atom stereocenters. The highest BCUT2D eigenvalue weighted by molar-refractivity contribution is 5.81. The molecular weight excluding hydrogens is 384 g/mol. The van der Waals surface area contributed by atoms with Gasteiger partial charge >= 0.3 is 0 Å². The van der Waals surface area contributed by atoms with Crippen molar-refractivity contribution in [3.05, 3.63) is 102 Å². The van der Waals surface area contributed by atoms with Crippen LogP contribution in [0.1, 0.15) is 30.5 Å². The minimum absolute atomic E-state index is 0.0852. The topological polar surface area (TPSA) is 32.8 Å². The Labute approximate surface area is 185 Å². The van der Waals surface area contributed by atoms with E-state index in [0.717, 1.165) is 18.8 Å². The largest absolute Gasteiger partial charge is 0.481 e. The van der Waals surface area contributed by atoms with Crippen LogP contribution in [-0.2, 0) is 4.79 Å². The summed E-state index contributed by atoms with van der Waals surface area (Å²) in [5.41, 5.74) is 2.57. The molecule has 0 saturated carbocycles. The van der Waals surface area contributed by atoms with Crippen molar-refractivity contribution in [2.24, 2.45) is 0 Å². The van der Waals surface area contributed by atoms with Crippen LogP contribution in [0.3, 0.4) is 0 Å². The van der Waals surface area contributed by atoms with Gasteiger partial charge in [-0.15, -0.1) is 0 Å². The number of amides is 1. The minimum Gasteiger partial charge on any atom is -0.481 e. The zero-order chi connectivity index (χ0) is 21.5. The molecule has 0 aromatic heterocycles. The van der Waals surface area contributed by atoms with E-state index in [1.807, 2.05) is 42.2 Å². The molecule has 0 radical (unpaired) electrons. The van der Waals surface area contributed by atoms with Crippen molar-refractivity contribution in [1.29, 1.82) is 0 Å². The molecule has 1 aliphatic heterocycles. The van der Waals surface area contributed by atoms with E-state index in [4.69, 9.17) is 4.74 Å². The summed E-state index contributed by atoms with van der Waals surface area (Å²) in [5.74, 6) is 0.830. The Hall–Kier alpha value is -3.11. The molecular formula is C27H30N2O2. The van der Waals surface area contributed by atoms with E-state index in [-0.39, 0.29) is 11.9 Å². The molecule has 0 spiro atoms.